The molecule has 0 bridgehead atoms. The Hall–Kier alpha value is -1.92. The molecule has 6 heteroatoms. The Morgan fingerprint density at radius 3 is 2.38 bits per heavy atom. The van der Waals surface area contributed by atoms with Gasteiger partial charge in [0.1, 0.15) is 0 Å². The third-order valence-electron chi connectivity index (χ3n) is 4.02. The summed E-state index contributed by atoms with van der Waals surface area (Å²) in [5.74, 6) is -0.594. The van der Waals surface area contributed by atoms with Crippen LogP contribution in [0.4, 0.5) is 0 Å². The summed E-state index contributed by atoms with van der Waals surface area (Å²) in [4.78, 5) is 25.5. The van der Waals surface area contributed by atoms with Gasteiger partial charge in [-0.2, -0.15) is 0 Å². The van der Waals surface area contributed by atoms with Crippen molar-refractivity contribution in [1.82, 2.24) is 10.2 Å². The van der Waals surface area contributed by atoms with Gasteiger partial charge in [-0.25, -0.2) is 0 Å². The predicted octanol–water partition coefficient (Wildman–Crippen LogP) is -0.0116. The zero-order chi connectivity index (χ0) is 14.8. The van der Waals surface area contributed by atoms with Crippen LogP contribution < -0.4 is 11.1 Å². The van der Waals surface area contributed by atoms with Crippen molar-refractivity contribution in [2.75, 3.05) is 26.3 Å². The Morgan fingerprint density at radius 1 is 1.14 bits per heavy atom. The zero-order valence-electron chi connectivity index (χ0n) is 11.7. The topological polar surface area (TPSA) is 84.7 Å². The monoisotopic (exact) mass is 289 g/mol. The van der Waals surface area contributed by atoms with Crippen LogP contribution in [0.15, 0.2) is 24.3 Å². The van der Waals surface area contributed by atoms with E-state index in [1.54, 1.807) is 24.3 Å². The van der Waals surface area contributed by atoms with Gasteiger partial charge in [-0.05, 0) is 30.7 Å². The molecule has 6 nitrogen and oxygen atoms in total. The van der Waals surface area contributed by atoms with E-state index in [-0.39, 0.29) is 11.9 Å². The number of nitrogens with two attached hydrogens (primary N) is 1. The van der Waals surface area contributed by atoms with E-state index in [1.807, 2.05) is 0 Å². The molecule has 1 saturated carbocycles. The van der Waals surface area contributed by atoms with Gasteiger partial charge < -0.3 is 15.8 Å². The minimum absolute atomic E-state index is 0.105. The molecule has 3 N–H and O–H groups in total. The molecule has 2 amide bonds. The van der Waals surface area contributed by atoms with Crippen LogP contribution in [0.25, 0.3) is 0 Å². The highest BCUT2D eigenvalue weighted by Crippen LogP contribution is 2.28. The van der Waals surface area contributed by atoms with Gasteiger partial charge in [0.2, 0.25) is 5.91 Å². The molecule has 0 unspecified atom stereocenters. The largest absolute Gasteiger partial charge is 0.379 e. The van der Waals surface area contributed by atoms with Crippen molar-refractivity contribution in [3.05, 3.63) is 35.4 Å². The maximum atomic E-state index is 12.1. The number of ether oxygens (including phenoxy) is 1. The van der Waals surface area contributed by atoms with Gasteiger partial charge in [0, 0.05) is 36.3 Å². The summed E-state index contributed by atoms with van der Waals surface area (Å²) in [5.41, 5.74) is 6.13. The lowest BCUT2D eigenvalue weighted by atomic mass is 10.1. The van der Waals surface area contributed by atoms with Crippen molar-refractivity contribution in [3.63, 3.8) is 0 Å². The third-order valence-corrected chi connectivity index (χ3v) is 4.02. The molecule has 3 rings (SSSR count). The normalized spacial score (nSPS) is 25.3. The summed E-state index contributed by atoms with van der Waals surface area (Å²) in [6.45, 7) is 3.41. The average Bonchev–Trinajstić information content (AvgIpc) is 3.27. The van der Waals surface area contributed by atoms with Crippen molar-refractivity contribution >= 4 is 11.8 Å². The van der Waals surface area contributed by atoms with E-state index in [1.165, 1.54) is 0 Å². The molecule has 21 heavy (non-hydrogen) atoms. The van der Waals surface area contributed by atoms with Gasteiger partial charge in [-0.1, -0.05) is 0 Å². The van der Waals surface area contributed by atoms with E-state index in [4.69, 9.17) is 10.5 Å². The molecule has 2 atom stereocenters. The van der Waals surface area contributed by atoms with E-state index in [2.05, 4.69) is 10.2 Å². The summed E-state index contributed by atoms with van der Waals surface area (Å²) in [6, 6.07) is 7.05. The molecule has 0 radical (unpaired) electrons. The Bertz CT molecular complexity index is 538. The van der Waals surface area contributed by atoms with Crippen LogP contribution in [0.5, 0.6) is 0 Å². The highest BCUT2D eigenvalue weighted by Gasteiger charge is 2.43. The fourth-order valence-electron chi connectivity index (χ4n) is 2.69. The Morgan fingerprint density at radius 2 is 1.76 bits per heavy atom. The first kappa shape index (κ1) is 14.0. The molecule has 112 valence electrons. The first-order valence-corrected chi connectivity index (χ1v) is 7.17. The van der Waals surface area contributed by atoms with Crippen molar-refractivity contribution in [3.8, 4) is 0 Å². The van der Waals surface area contributed by atoms with Crippen LogP contribution in [0.2, 0.25) is 0 Å². The SMILES string of the molecule is NC(=O)c1ccc(C(=O)N[C@@H]2C[C@H]2N2CCOCC2)cc1. The summed E-state index contributed by atoms with van der Waals surface area (Å²) in [6.07, 6.45) is 0.991. The summed E-state index contributed by atoms with van der Waals surface area (Å²) in [5, 5.41) is 3.03. The fourth-order valence-corrected chi connectivity index (χ4v) is 2.69. The second kappa shape index (κ2) is 5.83. The second-order valence-electron chi connectivity index (χ2n) is 5.47. The van der Waals surface area contributed by atoms with Crippen molar-refractivity contribution < 1.29 is 14.3 Å². The number of primary amides is 1. The van der Waals surface area contributed by atoms with Crippen LogP contribution in [-0.2, 0) is 4.74 Å². The molecule has 1 aliphatic carbocycles. The molecule has 0 spiro atoms. The number of amides is 2. The standard InChI is InChI=1S/C15H19N3O3/c16-14(19)10-1-3-11(4-2-10)15(20)17-12-9-13(12)18-5-7-21-8-6-18/h1-4,12-13H,5-9H2,(H2,16,19)(H,17,20)/t12-,13-/m1/s1. The molecule has 1 aromatic carbocycles. The highest BCUT2D eigenvalue weighted by molar-refractivity contribution is 5.97. The van der Waals surface area contributed by atoms with Gasteiger partial charge in [-0.3, -0.25) is 14.5 Å². The molecule has 0 aromatic heterocycles. The molecular weight excluding hydrogens is 270 g/mol. The quantitative estimate of drug-likeness (QED) is 0.816. The van der Waals surface area contributed by atoms with Crippen LogP contribution in [0.1, 0.15) is 27.1 Å². The van der Waals surface area contributed by atoms with Gasteiger partial charge in [0.25, 0.3) is 5.91 Å². The minimum Gasteiger partial charge on any atom is -0.379 e. The number of rotatable bonds is 4. The Labute approximate surface area is 123 Å². The third kappa shape index (κ3) is 3.22. The predicted molar refractivity (Wildman–Crippen MR) is 77.0 cm³/mol. The van der Waals surface area contributed by atoms with Crippen LogP contribution in [0.3, 0.4) is 0 Å². The number of nitrogens with one attached hydrogen (secondary N) is 1. The summed E-state index contributed by atoms with van der Waals surface area (Å²) >= 11 is 0. The number of nitrogens with zero attached hydrogens (tertiary/aromatic N) is 1. The number of morpholine rings is 1. The molecule has 1 aliphatic heterocycles. The van der Waals surface area contributed by atoms with E-state index in [9.17, 15) is 9.59 Å². The smallest absolute Gasteiger partial charge is 0.251 e. The molecular formula is C15H19N3O3. The lowest BCUT2D eigenvalue weighted by Crippen LogP contribution is -2.41. The van der Waals surface area contributed by atoms with E-state index >= 15 is 0 Å². The maximum absolute atomic E-state index is 12.1. The van der Waals surface area contributed by atoms with Gasteiger partial charge in [0.05, 0.1) is 13.2 Å². The first-order chi connectivity index (χ1) is 10.1. The summed E-state index contributed by atoms with van der Waals surface area (Å²) < 4.78 is 5.33. The first-order valence-electron chi connectivity index (χ1n) is 7.17. The van der Waals surface area contributed by atoms with Gasteiger partial charge in [-0.15, -0.1) is 0 Å². The van der Waals surface area contributed by atoms with E-state index < -0.39 is 5.91 Å². The lowest BCUT2D eigenvalue weighted by molar-refractivity contribution is 0.0325. The zero-order valence-corrected chi connectivity index (χ0v) is 11.7. The van der Waals surface area contributed by atoms with Crippen molar-refractivity contribution in [2.24, 2.45) is 5.73 Å². The second-order valence-corrected chi connectivity index (χ2v) is 5.47. The Kier molecular flexibility index (Phi) is 3.90. The number of benzene rings is 1. The maximum Gasteiger partial charge on any atom is 0.251 e. The number of hydrogen-bond acceptors (Lipinski definition) is 4. The minimum atomic E-state index is -0.489. The van der Waals surface area contributed by atoms with Crippen LogP contribution in [-0.4, -0.2) is 55.1 Å². The molecule has 1 saturated heterocycles. The highest BCUT2D eigenvalue weighted by atomic mass is 16.5. The summed E-state index contributed by atoms with van der Waals surface area (Å²) in [7, 11) is 0. The van der Waals surface area contributed by atoms with Crippen molar-refractivity contribution in [2.45, 2.75) is 18.5 Å². The van der Waals surface area contributed by atoms with Gasteiger partial charge >= 0.3 is 0 Å². The van der Waals surface area contributed by atoms with Gasteiger partial charge in [0.15, 0.2) is 0 Å². The molecule has 1 aromatic rings. The van der Waals surface area contributed by atoms with Crippen molar-refractivity contribution in [1.29, 1.82) is 0 Å². The van der Waals surface area contributed by atoms with Crippen LogP contribution in [0, 0.1) is 0 Å². The lowest BCUT2D eigenvalue weighted by Gasteiger charge is -2.26. The molecule has 2 aliphatic rings. The molecule has 1 heterocycles. The van der Waals surface area contributed by atoms with E-state index in [0.29, 0.717) is 17.2 Å². The Balaban J connectivity index is 1.54. The fraction of sp³-hybridized carbons (Fsp3) is 0.467. The number of hydrogen-bond donors (Lipinski definition) is 2. The van der Waals surface area contributed by atoms with E-state index in [0.717, 1.165) is 32.7 Å². The number of carbonyl (C=O) groups is 2. The molecule has 2 fully saturated rings. The number of carbonyl (C=O) groups excluding carboxylic acids is 2. The average molecular weight is 289 g/mol. The van der Waals surface area contributed by atoms with Crippen LogP contribution >= 0.6 is 0 Å².